The van der Waals surface area contributed by atoms with Crippen LogP contribution in [0.1, 0.15) is 46.5 Å². The summed E-state index contributed by atoms with van der Waals surface area (Å²) in [5, 5.41) is 9.23. The van der Waals surface area contributed by atoms with Gasteiger partial charge in [0.25, 0.3) is 0 Å². The van der Waals surface area contributed by atoms with Crippen molar-refractivity contribution in [1.29, 1.82) is 0 Å². The standard InChI is InChI=1S/C13H25NO2/c1-4-6-11(2)9-14-8-5-7-13(3,10-14)12(15)16/h11H,4-10H2,1-3H3,(H,15,16). The molecule has 3 heteroatoms. The Bertz CT molecular complexity index is 242. The second kappa shape index (κ2) is 5.67. The van der Waals surface area contributed by atoms with Gasteiger partial charge in [-0.3, -0.25) is 4.79 Å². The van der Waals surface area contributed by atoms with Crippen molar-refractivity contribution in [2.75, 3.05) is 19.6 Å². The molecular weight excluding hydrogens is 202 g/mol. The minimum atomic E-state index is -0.639. The zero-order valence-corrected chi connectivity index (χ0v) is 10.8. The van der Waals surface area contributed by atoms with Crippen LogP contribution in [-0.4, -0.2) is 35.6 Å². The van der Waals surface area contributed by atoms with E-state index in [0.717, 1.165) is 32.5 Å². The molecule has 0 aromatic carbocycles. The van der Waals surface area contributed by atoms with E-state index in [9.17, 15) is 9.90 Å². The van der Waals surface area contributed by atoms with Gasteiger partial charge in [0.2, 0.25) is 0 Å². The predicted molar refractivity (Wildman–Crippen MR) is 65.5 cm³/mol. The number of hydrogen-bond donors (Lipinski definition) is 1. The van der Waals surface area contributed by atoms with Crippen LogP contribution >= 0.6 is 0 Å². The topological polar surface area (TPSA) is 40.5 Å². The summed E-state index contributed by atoms with van der Waals surface area (Å²) in [5.74, 6) is 0.0430. The summed E-state index contributed by atoms with van der Waals surface area (Å²) in [6.07, 6.45) is 4.29. The van der Waals surface area contributed by atoms with Crippen molar-refractivity contribution < 1.29 is 9.90 Å². The van der Waals surface area contributed by atoms with Crippen molar-refractivity contribution in [3.8, 4) is 0 Å². The lowest BCUT2D eigenvalue weighted by Gasteiger charge is -2.38. The highest BCUT2D eigenvalue weighted by Gasteiger charge is 2.37. The maximum Gasteiger partial charge on any atom is 0.310 e. The van der Waals surface area contributed by atoms with E-state index in [-0.39, 0.29) is 0 Å². The number of carbonyl (C=O) groups is 1. The number of aliphatic carboxylic acids is 1. The third kappa shape index (κ3) is 3.48. The van der Waals surface area contributed by atoms with E-state index in [1.807, 2.05) is 6.92 Å². The van der Waals surface area contributed by atoms with E-state index in [1.54, 1.807) is 0 Å². The number of rotatable bonds is 5. The third-order valence-corrected chi connectivity index (χ3v) is 3.64. The van der Waals surface area contributed by atoms with Crippen LogP contribution in [0.4, 0.5) is 0 Å². The van der Waals surface area contributed by atoms with Gasteiger partial charge in [0.05, 0.1) is 5.41 Å². The molecule has 0 aromatic rings. The van der Waals surface area contributed by atoms with Crippen LogP contribution in [0.2, 0.25) is 0 Å². The molecule has 1 aliphatic heterocycles. The highest BCUT2D eigenvalue weighted by atomic mass is 16.4. The highest BCUT2D eigenvalue weighted by Crippen LogP contribution is 2.30. The van der Waals surface area contributed by atoms with Gasteiger partial charge in [-0.1, -0.05) is 20.3 Å². The van der Waals surface area contributed by atoms with Crippen molar-refractivity contribution in [2.24, 2.45) is 11.3 Å². The molecule has 1 fully saturated rings. The molecule has 1 aliphatic rings. The number of carboxylic acids is 1. The molecule has 0 amide bonds. The van der Waals surface area contributed by atoms with E-state index < -0.39 is 11.4 Å². The second-order valence-electron chi connectivity index (χ2n) is 5.60. The maximum absolute atomic E-state index is 11.2. The molecule has 16 heavy (non-hydrogen) atoms. The molecule has 2 unspecified atom stereocenters. The molecule has 1 rings (SSSR count). The lowest BCUT2D eigenvalue weighted by molar-refractivity contribution is -0.151. The summed E-state index contributed by atoms with van der Waals surface area (Å²) in [7, 11) is 0. The molecule has 3 nitrogen and oxygen atoms in total. The monoisotopic (exact) mass is 227 g/mol. The fourth-order valence-electron chi connectivity index (χ4n) is 2.70. The van der Waals surface area contributed by atoms with Gasteiger partial charge in [0.1, 0.15) is 0 Å². The molecule has 0 aromatic heterocycles. The summed E-state index contributed by atoms with van der Waals surface area (Å²) in [4.78, 5) is 13.5. The Hall–Kier alpha value is -0.570. The van der Waals surface area contributed by atoms with Gasteiger partial charge in [-0.2, -0.15) is 0 Å². The summed E-state index contributed by atoms with van der Waals surface area (Å²) < 4.78 is 0. The lowest BCUT2D eigenvalue weighted by Crippen LogP contribution is -2.47. The van der Waals surface area contributed by atoms with E-state index in [1.165, 1.54) is 12.8 Å². The molecule has 2 atom stereocenters. The predicted octanol–water partition coefficient (Wildman–Crippen LogP) is 2.61. The van der Waals surface area contributed by atoms with Gasteiger partial charge in [-0.05, 0) is 38.6 Å². The van der Waals surface area contributed by atoms with Crippen LogP contribution in [0, 0.1) is 11.3 Å². The maximum atomic E-state index is 11.2. The van der Waals surface area contributed by atoms with Crippen LogP contribution in [0.5, 0.6) is 0 Å². The number of likely N-dealkylation sites (tertiary alicyclic amines) is 1. The average molecular weight is 227 g/mol. The van der Waals surface area contributed by atoms with Crippen molar-refractivity contribution >= 4 is 5.97 Å². The van der Waals surface area contributed by atoms with Gasteiger partial charge < -0.3 is 10.0 Å². The van der Waals surface area contributed by atoms with Crippen molar-refractivity contribution in [3.05, 3.63) is 0 Å². The molecule has 0 saturated carbocycles. The van der Waals surface area contributed by atoms with Crippen molar-refractivity contribution in [3.63, 3.8) is 0 Å². The van der Waals surface area contributed by atoms with Gasteiger partial charge in [-0.15, -0.1) is 0 Å². The van der Waals surface area contributed by atoms with Gasteiger partial charge >= 0.3 is 5.97 Å². The molecule has 1 N–H and O–H groups in total. The fourth-order valence-corrected chi connectivity index (χ4v) is 2.70. The van der Waals surface area contributed by atoms with Crippen molar-refractivity contribution in [1.82, 2.24) is 4.90 Å². The summed E-state index contributed by atoms with van der Waals surface area (Å²) in [5.41, 5.74) is -0.524. The summed E-state index contributed by atoms with van der Waals surface area (Å²) in [6, 6.07) is 0. The first-order valence-electron chi connectivity index (χ1n) is 6.43. The molecule has 1 heterocycles. The quantitative estimate of drug-likeness (QED) is 0.785. The molecule has 0 spiro atoms. The van der Waals surface area contributed by atoms with Crippen LogP contribution in [0.25, 0.3) is 0 Å². The van der Waals surface area contributed by atoms with Crippen LogP contribution in [-0.2, 0) is 4.79 Å². The van der Waals surface area contributed by atoms with E-state index >= 15 is 0 Å². The first-order chi connectivity index (χ1) is 7.48. The van der Waals surface area contributed by atoms with Crippen molar-refractivity contribution in [2.45, 2.75) is 46.5 Å². The van der Waals surface area contributed by atoms with Gasteiger partial charge in [-0.25, -0.2) is 0 Å². The number of carboxylic acid groups (broad SMARTS) is 1. The minimum absolute atomic E-state index is 0.524. The zero-order valence-electron chi connectivity index (χ0n) is 10.8. The van der Waals surface area contributed by atoms with E-state index in [0.29, 0.717) is 5.92 Å². The lowest BCUT2D eigenvalue weighted by atomic mass is 9.81. The Morgan fingerprint density at radius 2 is 2.25 bits per heavy atom. The summed E-state index contributed by atoms with van der Waals surface area (Å²) >= 11 is 0. The zero-order chi connectivity index (χ0) is 12.2. The molecular formula is C13H25NO2. The van der Waals surface area contributed by atoms with Gasteiger partial charge in [0, 0.05) is 13.1 Å². The smallest absolute Gasteiger partial charge is 0.310 e. The Kier molecular flexibility index (Phi) is 4.78. The molecule has 1 saturated heterocycles. The average Bonchev–Trinajstić information content (AvgIpc) is 2.17. The Balaban J connectivity index is 2.47. The number of nitrogens with zero attached hydrogens (tertiary/aromatic N) is 1. The first-order valence-corrected chi connectivity index (χ1v) is 6.43. The minimum Gasteiger partial charge on any atom is -0.481 e. The van der Waals surface area contributed by atoms with E-state index in [2.05, 4.69) is 18.7 Å². The van der Waals surface area contributed by atoms with Crippen LogP contribution in [0.3, 0.4) is 0 Å². The molecule has 0 aliphatic carbocycles. The van der Waals surface area contributed by atoms with Crippen LogP contribution < -0.4 is 0 Å². The highest BCUT2D eigenvalue weighted by molar-refractivity contribution is 5.74. The fraction of sp³-hybridized carbons (Fsp3) is 0.923. The summed E-state index contributed by atoms with van der Waals surface area (Å²) in [6.45, 7) is 9.18. The largest absolute Gasteiger partial charge is 0.481 e. The second-order valence-corrected chi connectivity index (χ2v) is 5.60. The molecule has 0 radical (unpaired) electrons. The van der Waals surface area contributed by atoms with Gasteiger partial charge in [0.15, 0.2) is 0 Å². The molecule has 0 bridgehead atoms. The third-order valence-electron chi connectivity index (χ3n) is 3.64. The normalized spacial score (nSPS) is 28.9. The SMILES string of the molecule is CCCC(C)CN1CCCC(C)(C(=O)O)C1. The van der Waals surface area contributed by atoms with E-state index in [4.69, 9.17) is 0 Å². The Morgan fingerprint density at radius 3 is 2.81 bits per heavy atom. The first kappa shape index (κ1) is 13.5. The Morgan fingerprint density at radius 1 is 1.56 bits per heavy atom. The molecule has 94 valence electrons. The Labute approximate surface area is 98.8 Å². The number of piperidine rings is 1. The number of hydrogen-bond acceptors (Lipinski definition) is 2. The van der Waals surface area contributed by atoms with Crippen LogP contribution in [0.15, 0.2) is 0 Å².